The van der Waals surface area contributed by atoms with E-state index in [0.717, 1.165) is 16.0 Å². The van der Waals surface area contributed by atoms with Crippen molar-refractivity contribution in [2.45, 2.75) is 49.6 Å². The lowest BCUT2D eigenvalue weighted by Crippen LogP contribution is -2.23. The molecule has 0 aliphatic heterocycles. The van der Waals surface area contributed by atoms with E-state index in [-0.39, 0.29) is 18.6 Å². The number of hydrogen-bond acceptors (Lipinski definition) is 10. The Labute approximate surface area is 254 Å². The van der Waals surface area contributed by atoms with Gasteiger partial charge in [-0.05, 0) is 31.2 Å². The Kier molecular flexibility index (Phi) is 10.4. The number of nitrogens with zero attached hydrogens (tertiary/aromatic N) is 4. The maximum Gasteiger partial charge on any atom is 0.327 e. The molecule has 4 rings (SSSR count). The molecule has 0 saturated carbocycles. The molecular weight excluding hydrogens is 572 g/mol. The smallest absolute Gasteiger partial charge is 0.327 e. The van der Waals surface area contributed by atoms with Gasteiger partial charge in [-0.25, -0.2) is 19.4 Å². The number of aromatic nitrogens is 4. The average Bonchev–Trinajstić information content (AvgIpc) is 3.35. The number of nitrogens with one attached hydrogen (secondary N) is 2. The summed E-state index contributed by atoms with van der Waals surface area (Å²) >= 11 is 1.42. The third kappa shape index (κ3) is 8.36. The SMILES string of the molecule is CCOC(=O)Cn1nc(C(C)(C)C)cc1NC(=O)Nc1cccc(Sc2ncnc3cc(OCCOC)c(OC)cc23)c1. The van der Waals surface area contributed by atoms with Crippen molar-refractivity contribution in [1.29, 1.82) is 0 Å². The summed E-state index contributed by atoms with van der Waals surface area (Å²) in [4.78, 5) is 34.9. The highest BCUT2D eigenvalue weighted by Crippen LogP contribution is 2.37. The van der Waals surface area contributed by atoms with Crippen LogP contribution in [0.5, 0.6) is 11.5 Å². The zero-order chi connectivity index (χ0) is 31.0. The standard InChI is InChI=1S/C30H36N6O6S/c1-7-41-27(37)17-36-26(16-25(35-36)30(2,3)4)34-29(38)33-19-9-8-10-20(13-19)43-28-21-14-23(40-6)24(42-12-11-39-5)15-22(21)31-18-32-28/h8-10,13-16,18H,7,11-12,17H2,1-6H3,(H2,33,34,38). The summed E-state index contributed by atoms with van der Waals surface area (Å²) < 4.78 is 22.9. The summed E-state index contributed by atoms with van der Waals surface area (Å²) in [6.45, 7) is 8.71. The minimum absolute atomic E-state index is 0.121. The summed E-state index contributed by atoms with van der Waals surface area (Å²) in [6.07, 6.45) is 1.50. The number of amides is 2. The van der Waals surface area contributed by atoms with Crippen LogP contribution in [0.15, 0.2) is 58.7 Å². The number of carbonyl (C=O) groups is 2. The van der Waals surface area contributed by atoms with Crippen molar-refractivity contribution in [2.75, 3.05) is 44.7 Å². The molecule has 2 amide bonds. The summed E-state index contributed by atoms with van der Waals surface area (Å²) in [7, 11) is 3.19. The molecule has 0 saturated heterocycles. The fourth-order valence-electron chi connectivity index (χ4n) is 3.99. The topological polar surface area (TPSA) is 139 Å². The molecule has 0 unspecified atom stereocenters. The van der Waals surface area contributed by atoms with Gasteiger partial charge >= 0.3 is 12.0 Å². The fourth-order valence-corrected chi connectivity index (χ4v) is 4.92. The van der Waals surface area contributed by atoms with Crippen LogP contribution >= 0.6 is 11.8 Å². The molecule has 2 aromatic carbocycles. The third-order valence-electron chi connectivity index (χ3n) is 6.11. The van der Waals surface area contributed by atoms with Crippen molar-refractivity contribution in [2.24, 2.45) is 0 Å². The molecule has 0 radical (unpaired) electrons. The van der Waals surface area contributed by atoms with Gasteiger partial charge in [0, 0.05) is 40.6 Å². The summed E-state index contributed by atoms with van der Waals surface area (Å²) in [5.74, 6) is 1.07. The van der Waals surface area contributed by atoms with E-state index >= 15 is 0 Å². The first-order valence-corrected chi connectivity index (χ1v) is 14.5. The summed E-state index contributed by atoms with van der Waals surface area (Å²) in [6, 6.07) is 12.3. The molecule has 13 heteroatoms. The number of urea groups is 1. The molecule has 2 aromatic heterocycles. The zero-order valence-electron chi connectivity index (χ0n) is 25.1. The monoisotopic (exact) mass is 608 g/mol. The van der Waals surface area contributed by atoms with E-state index in [1.807, 2.05) is 51.1 Å². The second-order valence-electron chi connectivity index (χ2n) is 10.4. The number of methoxy groups -OCH3 is 2. The minimum Gasteiger partial charge on any atom is -0.493 e. The van der Waals surface area contributed by atoms with E-state index in [4.69, 9.17) is 18.9 Å². The second kappa shape index (κ2) is 14.2. The van der Waals surface area contributed by atoms with Crippen molar-refractivity contribution in [3.8, 4) is 11.5 Å². The van der Waals surface area contributed by atoms with Crippen LogP contribution in [-0.4, -0.2) is 65.8 Å². The summed E-state index contributed by atoms with van der Waals surface area (Å²) in [5, 5.41) is 11.7. The first-order valence-electron chi connectivity index (χ1n) is 13.7. The highest BCUT2D eigenvalue weighted by molar-refractivity contribution is 7.99. The Bertz CT molecular complexity index is 1590. The van der Waals surface area contributed by atoms with Crippen molar-refractivity contribution < 1.29 is 28.5 Å². The number of anilines is 2. The maximum atomic E-state index is 13.0. The van der Waals surface area contributed by atoms with E-state index in [0.29, 0.717) is 46.8 Å². The average molecular weight is 609 g/mol. The first-order chi connectivity index (χ1) is 20.6. The number of fused-ring (bicyclic) bond motifs is 1. The predicted octanol–water partition coefficient (Wildman–Crippen LogP) is 5.52. The maximum absolute atomic E-state index is 13.0. The van der Waals surface area contributed by atoms with Crippen LogP contribution < -0.4 is 20.1 Å². The molecular formula is C30H36N6O6S. The van der Waals surface area contributed by atoms with Gasteiger partial charge in [-0.2, -0.15) is 5.10 Å². The minimum atomic E-state index is -0.481. The van der Waals surface area contributed by atoms with Crippen LogP contribution in [0.2, 0.25) is 0 Å². The van der Waals surface area contributed by atoms with Crippen LogP contribution in [0.3, 0.4) is 0 Å². The van der Waals surface area contributed by atoms with E-state index in [1.165, 1.54) is 22.8 Å². The molecule has 0 atom stereocenters. The Morgan fingerprint density at radius 1 is 1.00 bits per heavy atom. The number of benzene rings is 2. The number of esters is 1. The molecule has 0 aliphatic rings. The molecule has 0 bridgehead atoms. The highest BCUT2D eigenvalue weighted by atomic mass is 32.2. The van der Waals surface area contributed by atoms with Gasteiger partial charge in [0.2, 0.25) is 0 Å². The van der Waals surface area contributed by atoms with Gasteiger partial charge in [-0.3, -0.25) is 10.1 Å². The quantitative estimate of drug-likeness (QED) is 0.120. The largest absolute Gasteiger partial charge is 0.493 e. The Balaban J connectivity index is 1.51. The lowest BCUT2D eigenvalue weighted by atomic mass is 9.92. The van der Waals surface area contributed by atoms with Crippen molar-refractivity contribution in [3.63, 3.8) is 0 Å². The van der Waals surface area contributed by atoms with Crippen LogP contribution in [0, 0.1) is 0 Å². The first kappa shape index (κ1) is 31.6. The lowest BCUT2D eigenvalue weighted by Gasteiger charge is -2.14. The molecule has 0 spiro atoms. The number of hydrogen-bond donors (Lipinski definition) is 2. The van der Waals surface area contributed by atoms with Crippen LogP contribution in [0.25, 0.3) is 10.9 Å². The van der Waals surface area contributed by atoms with Crippen LogP contribution in [0.1, 0.15) is 33.4 Å². The van der Waals surface area contributed by atoms with Gasteiger partial charge in [-0.1, -0.05) is 38.6 Å². The van der Waals surface area contributed by atoms with Gasteiger partial charge in [0.1, 0.15) is 30.3 Å². The van der Waals surface area contributed by atoms with Crippen molar-refractivity contribution >= 4 is 46.2 Å². The number of ether oxygens (including phenoxy) is 4. The van der Waals surface area contributed by atoms with Crippen molar-refractivity contribution in [3.05, 3.63) is 54.5 Å². The second-order valence-corrected chi connectivity index (χ2v) is 11.4. The van der Waals surface area contributed by atoms with E-state index in [2.05, 4.69) is 25.7 Å². The third-order valence-corrected chi connectivity index (χ3v) is 7.12. The van der Waals surface area contributed by atoms with Crippen LogP contribution in [0.4, 0.5) is 16.3 Å². The number of carbonyl (C=O) groups excluding carboxylic acids is 2. The summed E-state index contributed by atoms with van der Waals surface area (Å²) in [5.41, 5.74) is 1.72. The van der Waals surface area contributed by atoms with Gasteiger partial charge in [0.25, 0.3) is 0 Å². The lowest BCUT2D eigenvalue weighted by molar-refractivity contribution is -0.144. The van der Waals surface area contributed by atoms with Gasteiger partial charge < -0.3 is 24.3 Å². The van der Waals surface area contributed by atoms with Crippen LogP contribution in [-0.2, 0) is 26.2 Å². The molecule has 0 fully saturated rings. The Hall–Kier alpha value is -4.36. The van der Waals surface area contributed by atoms with E-state index in [1.54, 1.807) is 33.3 Å². The number of rotatable bonds is 12. The van der Waals surface area contributed by atoms with Gasteiger partial charge in [-0.15, -0.1) is 0 Å². The molecule has 2 heterocycles. The molecule has 43 heavy (non-hydrogen) atoms. The zero-order valence-corrected chi connectivity index (χ0v) is 25.9. The highest BCUT2D eigenvalue weighted by Gasteiger charge is 2.22. The normalized spacial score (nSPS) is 11.3. The Morgan fingerprint density at radius 3 is 2.53 bits per heavy atom. The van der Waals surface area contributed by atoms with E-state index in [9.17, 15) is 9.59 Å². The molecule has 12 nitrogen and oxygen atoms in total. The fraction of sp³-hybridized carbons (Fsp3) is 0.367. The van der Waals surface area contributed by atoms with E-state index < -0.39 is 12.0 Å². The predicted molar refractivity (Wildman–Crippen MR) is 164 cm³/mol. The molecule has 0 aliphatic carbocycles. The Morgan fingerprint density at radius 2 is 1.81 bits per heavy atom. The molecule has 4 aromatic rings. The molecule has 228 valence electrons. The van der Waals surface area contributed by atoms with Gasteiger partial charge in [0.05, 0.1) is 31.5 Å². The molecule has 2 N–H and O–H groups in total. The van der Waals surface area contributed by atoms with Crippen molar-refractivity contribution in [1.82, 2.24) is 19.7 Å². The van der Waals surface area contributed by atoms with Gasteiger partial charge in [0.15, 0.2) is 11.5 Å².